The van der Waals surface area contributed by atoms with Crippen molar-refractivity contribution in [3.8, 4) is 0 Å². The molecule has 0 bridgehead atoms. The molecule has 1 aliphatic rings. The minimum Gasteiger partial charge on any atom is -0.454 e. The van der Waals surface area contributed by atoms with Gasteiger partial charge in [-0.2, -0.15) is 4.72 Å². The van der Waals surface area contributed by atoms with Crippen molar-refractivity contribution < 1.29 is 22.7 Å². The maximum Gasteiger partial charge on any atom is 0.324 e. The van der Waals surface area contributed by atoms with E-state index >= 15 is 0 Å². The third-order valence-corrected chi connectivity index (χ3v) is 6.07. The highest BCUT2D eigenvalue weighted by molar-refractivity contribution is 7.92. The van der Waals surface area contributed by atoms with Crippen LogP contribution in [-0.4, -0.2) is 50.9 Å². The molecule has 2 rings (SSSR count). The first kappa shape index (κ1) is 24.1. The van der Waals surface area contributed by atoms with Crippen molar-refractivity contribution in [3.63, 3.8) is 0 Å². The van der Waals surface area contributed by atoms with Gasteiger partial charge in [-0.25, -0.2) is 8.42 Å². The van der Waals surface area contributed by atoms with Gasteiger partial charge in [0.2, 0.25) is 10.0 Å². The summed E-state index contributed by atoms with van der Waals surface area (Å²) in [4.78, 5) is 26.6. The predicted octanol–water partition coefficient (Wildman–Crippen LogP) is 2.94. The van der Waals surface area contributed by atoms with Gasteiger partial charge in [-0.05, 0) is 30.4 Å². The third kappa shape index (κ3) is 8.28. The van der Waals surface area contributed by atoms with E-state index < -0.39 is 22.0 Å². The number of rotatable bonds is 8. The molecule has 1 aliphatic heterocycles. The average Bonchev–Trinajstić information content (AvgIpc) is 2.69. The lowest BCUT2D eigenvalue weighted by Crippen LogP contribution is -2.46. The minimum absolute atomic E-state index is 0.236. The fraction of sp³-hybridized carbons (Fsp3) is 0.545. The monoisotopic (exact) mass is 436 g/mol. The molecule has 0 aromatic heterocycles. The van der Waals surface area contributed by atoms with E-state index in [0.717, 1.165) is 36.7 Å². The Kier molecular flexibility index (Phi) is 9.52. The molecule has 1 aromatic carbocycles. The summed E-state index contributed by atoms with van der Waals surface area (Å²) in [6.45, 7) is 4.40. The summed E-state index contributed by atoms with van der Waals surface area (Å²) >= 11 is 0. The Morgan fingerprint density at radius 3 is 2.27 bits per heavy atom. The summed E-state index contributed by atoms with van der Waals surface area (Å²) in [5, 5.41) is 1.02. The second-order valence-electron chi connectivity index (χ2n) is 7.85. The van der Waals surface area contributed by atoms with E-state index in [1.165, 1.54) is 12.5 Å². The van der Waals surface area contributed by atoms with Gasteiger partial charge in [0.05, 0.1) is 0 Å². The van der Waals surface area contributed by atoms with Crippen LogP contribution < -0.4 is 4.72 Å². The quantitative estimate of drug-likeness (QED) is 0.633. The number of nitrogens with zero attached hydrogens (tertiary/aromatic N) is 1. The molecular formula is C22H32N2O5S. The molecule has 8 heteroatoms. The molecule has 1 amide bonds. The number of hydrogen-bond acceptors (Lipinski definition) is 5. The number of benzene rings is 1. The summed E-state index contributed by atoms with van der Waals surface area (Å²) in [5.41, 5.74) is 0.727. The molecule has 166 valence electrons. The minimum atomic E-state index is -3.86. The van der Waals surface area contributed by atoms with E-state index in [0.29, 0.717) is 13.1 Å². The largest absolute Gasteiger partial charge is 0.454 e. The highest BCUT2D eigenvalue weighted by Gasteiger charge is 2.28. The second kappa shape index (κ2) is 11.9. The van der Waals surface area contributed by atoms with Crippen LogP contribution in [0.1, 0.15) is 51.5 Å². The number of esters is 1. The zero-order valence-corrected chi connectivity index (χ0v) is 18.6. The Bertz CT molecular complexity index is 813. The number of sulfonamides is 1. The molecule has 1 aromatic rings. The number of carbonyl (C=O) groups excluding carboxylic acids is 2. The summed E-state index contributed by atoms with van der Waals surface area (Å²) < 4.78 is 32.3. The molecule has 1 saturated heterocycles. The summed E-state index contributed by atoms with van der Waals surface area (Å²) in [6.07, 6.45) is 6.72. The van der Waals surface area contributed by atoms with E-state index in [2.05, 4.69) is 4.72 Å². The Morgan fingerprint density at radius 1 is 1.07 bits per heavy atom. The Morgan fingerprint density at radius 2 is 1.67 bits per heavy atom. The SMILES string of the molecule is CC(C)[C@H](NS(=O)(=O)/C=C/c1ccccc1)C(=O)OCC(=O)N1CCCCCCC1. The van der Waals surface area contributed by atoms with Crippen LogP contribution in [0.25, 0.3) is 6.08 Å². The van der Waals surface area contributed by atoms with Crippen molar-refractivity contribution in [1.82, 2.24) is 9.62 Å². The van der Waals surface area contributed by atoms with Gasteiger partial charge in [0.25, 0.3) is 5.91 Å². The first-order valence-electron chi connectivity index (χ1n) is 10.5. The fourth-order valence-electron chi connectivity index (χ4n) is 3.22. The molecule has 0 unspecified atom stereocenters. The van der Waals surface area contributed by atoms with Crippen molar-refractivity contribution >= 4 is 28.0 Å². The predicted molar refractivity (Wildman–Crippen MR) is 117 cm³/mol. The second-order valence-corrected chi connectivity index (χ2v) is 9.45. The Labute approximate surface area is 179 Å². The number of likely N-dealkylation sites (tertiary alicyclic amines) is 1. The van der Waals surface area contributed by atoms with Crippen LogP contribution in [-0.2, 0) is 24.3 Å². The molecule has 1 atom stereocenters. The van der Waals surface area contributed by atoms with Crippen LogP contribution in [0.5, 0.6) is 0 Å². The van der Waals surface area contributed by atoms with Crippen molar-refractivity contribution in [2.75, 3.05) is 19.7 Å². The molecule has 0 radical (unpaired) electrons. The van der Waals surface area contributed by atoms with Gasteiger partial charge in [0, 0.05) is 18.5 Å². The molecular weight excluding hydrogens is 404 g/mol. The third-order valence-electron chi connectivity index (χ3n) is 5.00. The highest BCUT2D eigenvalue weighted by Crippen LogP contribution is 2.12. The maximum atomic E-state index is 12.5. The van der Waals surface area contributed by atoms with Crippen molar-refractivity contribution in [2.24, 2.45) is 5.92 Å². The van der Waals surface area contributed by atoms with E-state index in [4.69, 9.17) is 4.74 Å². The molecule has 0 saturated carbocycles. The van der Waals surface area contributed by atoms with Gasteiger partial charge in [0.1, 0.15) is 6.04 Å². The lowest BCUT2D eigenvalue weighted by Gasteiger charge is -2.25. The molecule has 30 heavy (non-hydrogen) atoms. The Hall–Kier alpha value is -2.19. The van der Waals surface area contributed by atoms with Gasteiger partial charge < -0.3 is 9.64 Å². The molecule has 0 spiro atoms. The highest BCUT2D eigenvalue weighted by atomic mass is 32.2. The zero-order valence-electron chi connectivity index (χ0n) is 17.7. The summed E-state index contributed by atoms with van der Waals surface area (Å²) in [5.74, 6) is -1.32. The van der Waals surface area contributed by atoms with Gasteiger partial charge in [-0.3, -0.25) is 9.59 Å². The van der Waals surface area contributed by atoms with Gasteiger partial charge in [-0.1, -0.05) is 63.4 Å². The van der Waals surface area contributed by atoms with E-state index in [-0.39, 0.29) is 18.4 Å². The van der Waals surface area contributed by atoms with Gasteiger partial charge >= 0.3 is 5.97 Å². The summed E-state index contributed by atoms with van der Waals surface area (Å²) in [6, 6.07) is 7.92. The normalized spacial score (nSPS) is 16.8. The van der Waals surface area contributed by atoms with Crippen molar-refractivity contribution in [3.05, 3.63) is 41.3 Å². The lowest BCUT2D eigenvalue weighted by molar-refractivity contribution is -0.154. The van der Waals surface area contributed by atoms with Gasteiger partial charge in [0.15, 0.2) is 6.61 Å². The van der Waals surface area contributed by atoms with E-state index in [1.54, 1.807) is 43.0 Å². The molecule has 7 nitrogen and oxygen atoms in total. The standard InChI is InChI=1S/C22H32N2O5S/c1-18(2)21(23-30(27,28)16-13-19-11-7-6-8-12-19)22(26)29-17-20(25)24-14-9-4-3-5-10-15-24/h6-8,11-13,16,18,21,23H,3-5,9-10,14-15,17H2,1-2H3/b16-13+/t21-/m0/s1. The topological polar surface area (TPSA) is 92.8 Å². The smallest absolute Gasteiger partial charge is 0.324 e. The lowest BCUT2D eigenvalue weighted by atomic mass is 10.1. The average molecular weight is 437 g/mol. The molecule has 0 aliphatic carbocycles. The first-order valence-corrected chi connectivity index (χ1v) is 12.0. The van der Waals surface area contributed by atoms with Crippen LogP contribution in [0.3, 0.4) is 0 Å². The van der Waals surface area contributed by atoms with Crippen LogP contribution in [0.2, 0.25) is 0 Å². The molecule has 1 N–H and O–H groups in total. The van der Waals surface area contributed by atoms with Crippen LogP contribution in [0.4, 0.5) is 0 Å². The van der Waals surface area contributed by atoms with Crippen molar-refractivity contribution in [2.45, 2.75) is 52.0 Å². The maximum absolute atomic E-state index is 12.5. The van der Waals surface area contributed by atoms with Crippen LogP contribution in [0.15, 0.2) is 35.7 Å². The molecule has 1 heterocycles. The zero-order chi connectivity index (χ0) is 22.0. The number of amides is 1. The van der Waals surface area contributed by atoms with Gasteiger partial charge in [-0.15, -0.1) is 0 Å². The van der Waals surface area contributed by atoms with Crippen LogP contribution in [0, 0.1) is 5.92 Å². The number of ether oxygens (including phenoxy) is 1. The fourth-order valence-corrected chi connectivity index (χ4v) is 4.35. The van der Waals surface area contributed by atoms with E-state index in [1.807, 2.05) is 6.07 Å². The first-order chi connectivity index (χ1) is 14.3. The number of hydrogen-bond donors (Lipinski definition) is 1. The van der Waals surface area contributed by atoms with Crippen LogP contribution >= 0.6 is 0 Å². The van der Waals surface area contributed by atoms with Crippen molar-refractivity contribution in [1.29, 1.82) is 0 Å². The molecule has 1 fully saturated rings. The number of carbonyl (C=O) groups is 2. The summed E-state index contributed by atoms with van der Waals surface area (Å²) in [7, 11) is -3.86. The van der Waals surface area contributed by atoms with E-state index in [9.17, 15) is 18.0 Å². The Balaban J connectivity index is 1.93. The number of nitrogens with one attached hydrogen (secondary N) is 1.